The van der Waals surface area contributed by atoms with Crippen LogP contribution in [0.25, 0.3) is 0 Å². The molecule has 0 aliphatic carbocycles. The molecule has 0 saturated carbocycles. The molecule has 0 radical (unpaired) electrons. The summed E-state index contributed by atoms with van der Waals surface area (Å²) in [6.07, 6.45) is 1.60. The molecular weight excluding hydrogens is 376 g/mol. The summed E-state index contributed by atoms with van der Waals surface area (Å²) in [7, 11) is 0. The van der Waals surface area contributed by atoms with Crippen LogP contribution in [-0.4, -0.2) is 31.6 Å². The number of aromatic nitrogens is 4. The molecule has 0 unspecified atom stereocenters. The van der Waals surface area contributed by atoms with E-state index < -0.39 is 6.04 Å². The van der Waals surface area contributed by atoms with Crippen molar-refractivity contribution in [1.82, 2.24) is 19.7 Å². The van der Waals surface area contributed by atoms with Gasteiger partial charge in [0, 0.05) is 11.9 Å². The third kappa shape index (κ3) is 3.89. The fourth-order valence-corrected chi connectivity index (χ4v) is 3.63. The Morgan fingerprint density at radius 3 is 2.89 bits per heavy atom. The van der Waals surface area contributed by atoms with Gasteiger partial charge in [0.15, 0.2) is 0 Å². The van der Waals surface area contributed by atoms with E-state index in [9.17, 15) is 9.59 Å². The zero-order chi connectivity index (χ0) is 19.5. The van der Waals surface area contributed by atoms with Crippen molar-refractivity contribution in [3.05, 3.63) is 59.8 Å². The van der Waals surface area contributed by atoms with Crippen LogP contribution in [0.4, 0.5) is 11.8 Å². The average Bonchev–Trinajstić information content (AvgIpc) is 3.11. The molecule has 1 aliphatic rings. The molecule has 0 spiro atoms. The van der Waals surface area contributed by atoms with Gasteiger partial charge in [-0.3, -0.25) is 14.9 Å². The molecule has 0 fully saturated rings. The normalized spacial score (nSPS) is 15.6. The highest BCUT2D eigenvalue weighted by Gasteiger charge is 2.33. The van der Waals surface area contributed by atoms with E-state index in [1.165, 1.54) is 16.4 Å². The molecule has 3 heterocycles. The Morgan fingerprint density at radius 1 is 1.29 bits per heavy atom. The van der Waals surface area contributed by atoms with Crippen LogP contribution in [0.15, 0.2) is 53.8 Å². The summed E-state index contributed by atoms with van der Waals surface area (Å²) >= 11 is 1.45. The zero-order valence-corrected chi connectivity index (χ0v) is 15.9. The molecule has 142 valence electrons. The van der Waals surface area contributed by atoms with Crippen molar-refractivity contribution in [2.45, 2.75) is 30.3 Å². The standard InChI is InChI=1S/C19H18N6O2S/c1-12-6-5-9-20-16(12)22-17(27)14-10-15(26)21-18-23-19(24-25(14)18)28-11-13-7-3-2-4-8-13/h2-9,14H,10-11H2,1H3,(H,20,22,27)(H,21,23,24,26)/t14-/m1/s1. The predicted octanol–water partition coefficient (Wildman–Crippen LogP) is 2.80. The van der Waals surface area contributed by atoms with Gasteiger partial charge < -0.3 is 5.32 Å². The number of hydrogen-bond donors (Lipinski definition) is 2. The third-order valence-corrected chi connectivity index (χ3v) is 5.21. The first-order valence-electron chi connectivity index (χ1n) is 8.76. The van der Waals surface area contributed by atoms with Crippen LogP contribution in [-0.2, 0) is 15.3 Å². The number of anilines is 2. The van der Waals surface area contributed by atoms with Crippen LogP contribution in [0, 0.1) is 6.92 Å². The Bertz CT molecular complexity index is 1020. The van der Waals surface area contributed by atoms with E-state index in [1.807, 2.05) is 43.3 Å². The number of benzene rings is 1. The molecule has 8 nitrogen and oxygen atoms in total. The van der Waals surface area contributed by atoms with Crippen LogP contribution in [0.3, 0.4) is 0 Å². The number of pyridine rings is 1. The predicted molar refractivity (Wildman–Crippen MR) is 106 cm³/mol. The van der Waals surface area contributed by atoms with Crippen LogP contribution in [0.2, 0.25) is 0 Å². The molecule has 3 aromatic rings. The van der Waals surface area contributed by atoms with Crippen molar-refractivity contribution < 1.29 is 9.59 Å². The van der Waals surface area contributed by atoms with Crippen molar-refractivity contribution in [3.63, 3.8) is 0 Å². The Hall–Kier alpha value is -3.20. The molecule has 9 heteroatoms. The molecule has 2 amide bonds. The Labute approximate surface area is 165 Å². The molecule has 1 aromatic carbocycles. The van der Waals surface area contributed by atoms with Gasteiger partial charge in [-0.15, -0.1) is 5.10 Å². The lowest BCUT2D eigenvalue weighted by molar-refractivity contribution is -0.125. The van der Waals surface area contributed by atoms with E-state index in [1.54, 1.807) is 12.3 Å². The fourth-order valence-electron chi connectivity index (χ4n) is 2.85. The molecule has 4 rings (SSSR count). The summed E-state index contributed by atoms with van der Waals surface area (Å²) in [4.78, 5) is 33.4. The number of carbonyl (C=O) groups is 2. The number of nitrogens with one attached hydrogen (secondary N) is 2. The molecule has 0 bridgehead atoms. The summed E-state index contributed by atoms with van der Waals surface area (Å²) in [5, 5.41) is 10.4. The summed E-state index contributed by atoms with van der Waals surface area (Å²) in [6, 6.07) is 12.8. The maximum atomic E-state index is 12.8. The zero-order valence-electron chi connectivity index (χ0n) is 15.1. The summed E-state index contributed by atoms with van der Waals surface area (Å²) in [5.41, 5.74) is 1.98. The minimum Gasteiger partial charge on any atom is -0.309 e. The first-order valence-corrected chi connectivity index (χ1v) is 9.74. The lowest BCUT2D eigenvalue weighted by Gasteiger charge is -2.22. The fraction of sp³-hybridized carbons (Fsp3) is 0.211. The average molecular weight is 394 g/mol. The number of thioether (sulfide) groups is 1. The summed E-state index contributed by atoms with van der Waals surface area (Å²) in [5.74, 6) is 0.839. The minimum absolute atomic E-state index is 0.00311. The second-order valence-electron chi connectivity index (χ2n) is 6.36. The van der Waals surface area contributed by atoms with Gasteiger partial charge in [-0.05, 0) is 24.1 Å². The first kappa shape index (κ1) is 18.2. The summed E-state index contributed by atoms with van der Waals surface area (Å²) in [6.45, 7) is 1.86. The van der Waals surface area contributed by atoms with Gasteiger partial charge >= 0.3 is 0 Å². The molecular formula is C19H18N6O2S. The highest BCUT2D eigenvalue weighted by molar-refractivity contribution is 7.98. The molecule has 28 heavy (non-hydrogen) atoms. The quantitative estimate of drug-likeness (QED) is 0.645. The largest absolute Gasteiger partial charge is 0.309 e. The third-order valence-electron chi connectivity index (χ3n) is 4.30. The van der Waals surface area contributed by atoms with E-state index in [0.717, 1.165) is 11.1 Å². The van der Waals surface area contributed by atoms with E-state index >= 15 is 0 Å². The lowest BCUT2D eigenvalue weighted by atomic mass is 10.1. The van der Waals surface area contributed by atoms with Gasteiger partial charge in [-0.1, -0.05) is 48.2 Å². The lowest BCUT2D eigenvalue weighted by Crippen LogP contribution is -2.36. The second-order valence-corrected chi connectivity index (χ2v) is 7.31. The number of nitrogens with zero attached hydrogens (tertiary/aromatic N) is 4. The monoisotopic (exact) mass is 394 g/mol. The number of amides is 2. The van der Waals surface area contributed by atoms with Crippen LogP contribution < -0.4 is 10.6 Å². The van der Waals surface area contributed by atoms with Gasteiger partial charge in [-0.2, -0.15) is 4.98 Å². The first-order chi connectivity index (χ1) is 13.6. The number of hydrogen-bond acceptors (Lipinski definition) is 6. The van der Waals surface area contributed by atoms with E-state index in [4.69, 9.17) is 0 Å². The molecule has 1 atom stereocenters. The Kier molecular flexibility index (Phi) is 5.07. The van der Waals surface area contributed by atoms with Crippen LogP contribution >= 0.6 is 11.8 Å². The number of aryl methyl sites for hydroxylation is 1. The van der Waals surface area contributed by atoms with Gasteiger partial charge in [0.25, 0.3) is 5.91 Å². The topological polar surface area (TPSA) is 102 Å². The number of rotatable bonds is 5. The van der Waals surface area contributed by atoms with E-state index in [-0.39, 0.29) is 24.2 Å². The van der Waals surface area contributed by atoms with Crippen molar-refractivity contribution in [1.29, 1.82) is 0 Å². The van der Waals surface area contributed by atoms with Crippen molar-refractivity contribution in [3.8, 4) is 0 Å². The molecule has 2 aromatic heterocycles. The number of carbonyl (C=O) groups excluding carboxylic acids is 2. The van der Waals surface area contributed by atoms with Gasteiger partial charge in [0.05, 0.1) is 6.42 Å². The SMILES string of the molecule is Cc1cccnc1NC(=O)[C@H]1CC(=O)Nc2nc(SCc3ccccc3)nn21. The smallest absolute Gasteiger partial charge is 0.251 e. The maximum Gasteiger partial charge on any atom is 0.251 e. The van der Waals surface area contributed by atoms with Crippen molar-refractivity contribution >= 4 is 35.3 Å². The summed E-state index contributed by atoms with van der Waals surface area (Å²) < 4.78 is 1.47. The van der Waals surface area contributed by atoms with Crippen molar-refractivity contribution in [2.75, 3.05) is 10.6 Å². The molecule has 0 saturated heterocycles. The Morgan fingerprint density at radius 2 is 2.11 bits per heavy atom. The van der Waals surface area contributed by atoms with Crippen LogP contribution in [0.1, 0.15) is 23.6 Å². The van der Waals surface area contributed by atoms with E-state index in [2.05, 4.69) is 25.7 Å². The van der Waals surface area contributed by atoms with Crippen molar-refractivity contribution in [2.24, 2.45) is 0 Å². The molecule has 2 N–H and O–H groups in total. The van der Waals surface area contributed by atoms with E-state index in [0.29, 0.717) is 16.7 Å². The van der Waals surface area contributed by atoms with Gasteiger partial charge in [-0.25, -0.2) is 9.67 Å². The molecule has 1 aliphatic heterocycles. The number of fused-ring (bicyclic) bond motifs is 1. The van der Waals surface area contributed by atoms with Gasteiger partial charge in [0.2, 0.25) is 17.0 Å². The maximum absolute atomic E-state index is 12.8. The minimum atomic E-state index is -0.774. The van der Waals surface area contributed by atoms with Gasteiger partial charge in [0.1, 0.15) is 11.9 Å². The second kappa shape index (κ2) is 7.81. The van der Waals surface area contributed by atoms with Crippen LogP contribution in [0.5, 0.6) is 0 Å². The highest BCUT2D eigenvalue weighted by atomic mass is 32.2. The highest BCUT2D eigenvalue weighted by Crippen LogP contribution is 2.28. The Balaban J connectivity index is 1.53.